The number of para-hydroxylation sites is 1. The molecule has 4 heterocycles. The molecule has 0 saturated carbocycles. The van der Waals surface area contributed by atoms with Crippen LogP contribution in [0, 0.1) is 0 Å². The maximum atomic E-state index is 2.37. The van der Waals surface area contributed by atoms with Crippen molar-refractivity contribution in [3.8, 4) is 89.0 Å². The first-order valence-electron chi connectivity index (χ1n) is 37.4. The quantitative estimate of drug-likeness (QED) is 0.150. The summed E-state index contributed by atoms with van der Waals surface area (Å²) >= 11 is 0. The molecule has 23 rings (SSSR count). The maximum Gasteiger partial charge on any atom is 0.0567 e. The molecule has 4 nitrogen and oxygen atoms in total. The Morgan fingerprint density at radius 2 is 0.380 bits per heavy atom. The van der Waals surface area contributed by atoms with E-state index in [1.54, 1.807) is 0 Å². The highest BCUT2D eigenvalue weighted by atomic mass is 15.1. The summed E-state index contributed by atoms with van der Waals surface area (Å²) in [6.07, 6.45) is 0. The summed E-state index contributed by atoms with van der Waals surface area (Å²) < 4.78 is 0. The van der Waals surface area contributed by atoms with Crippen LogP contribution in [0.2, 0.25) is 0 Å². The monoisotopic (exact) mass is 1380 g/mol. The fraction of sp³-hybridized carbons (Fsp3) is 0.0385. The van der Waals surface area contributed by atoms with Gasteiger partial charge in [-0.1, -0.05) is 328 Å². The molecule has 0 fully saturated rings. The van der Waals surface area contributed by atoms with Crippen molar-refractivity contribution in [2.75, 3.05) is 47.8 Å². The summed E-state index contributed by atoms with van der Waals surface area (Å²) in [5.74, 6) is 0. The summed E-state index contributed by atoms with van der Waals surface area (Å²) in [6, 6.07) is 136. The first-order chi connectivity index (χ1) is 53.3. The van der Waals surface area contributed by atoms with E-state index in [1.807, 2.05) is 0 Å². The van der Waals surface area contributed by atoms with Crippen LogP contribution in [0.15, 0.2) is 376 Å². The zero-order valence-electron chi connectivity index (χ0n) is 60.6. The summed E-state index contributed by atoms with van der Waals surface area (Å²) in [6.45, 7) is 0. The fourth-order valence-electron chi connectivity index (χ4n) is 17.8. The zero-order valence-corrected chi connectivity index (χ0v) is 60.6. The Balaban J connectivity index is 0.0000000950. The van der Waals surface area contributed by atoms with Gasteiger partial charge in [-0.2, -0.15) is 0 Å². The van der Waals surface area contributed by atoms with Gasteiger partial charge in [-0.15, -0.1) is 0 Å². The minimum Gasteiger partial charge on any atom is -0.344 e. The van der Waals surface area contributed by atoms with Crippen molar-refractivity contribution in [3.63, 3.8) is 0 Å². The molecule has 0 spiro atoms. The van der Waals surface area contributed by atoms with E-state index in [0.717, 1.165) is 0 Å². The van der Waals surface area contributed by atoms with Crippen LogP contribution in [0.3, 0.4) is 0 Å². The minimum absolute atomic E-state index is 1.25. The van der Waals surface area contributed by atoms with E-state index in [4.69, 9.17) is 0 Å². The molecule has 0 N–H and O–H groups in total. The minimum atomic E-state index is 1.25. The van der Waals surface area contributed by atoms with Gasteiger partial charge in [-0.3, -0.25) is 0 Å². The van der Waals surface area contributed by atoms with E-state index in [9.17, 15) is 0 Å². The zero-order chi connectivity index (χ0) is 72.1. The van der Waals surface area contributed by atoms with Gasteiger partial charge in [0.25, 0.3) is 0 Å². The van der Waals surface area contributed by atoms with Crippen LogP contribution in [0.4, 0.5) is 45.5 Å². The van der Waals surface area contributed by atoms with E-state index >= 15 is 0 Å². The summed E-state index contributed by atoms with van der Waals surface area (Å²) in [4.78, 5) is 9.42. The first-order valence-corrected chi connectivity index (χ1v) is 37.4. The molecule has 0 aliphatic carbocycles. The lowest BCUT2D eigenvalue weighted by Crippen LogP contribution is -2.11. The van der Waals surface area contributed by atoms with Crippen LogP contribution >= 0.6 is 0 Å². The van der Waals surface area contributed by atoms with E-state index in [0.29, 0.717) is 0 Å². The average molecular weight is 1380 g/mol. The third kappa shape index (κ3) is 10.4. The highest BCUT2D eigenvalue weighted by molar-refractivity contribution is 6.17. The molecule has 0 unspecified atom stereocenters. The molecule has 19 aromatic rings. The van der Waals surface area contributed by atoms with Crippen molar-refractivity contribution in [2.45, 2.75) is 0 Å². The molecule has 0 atom stereocenters. The van der Waals surface area contributed by atoms with Crippen molar-refractivity contribution in [2.24, 2.45) is 0 Å². The van der Waals surface area contributed by atoms with Crippen molar-refractivity contribution >= 4 is 121 Å². The predicted octanol–water partition coefficient (Wildman–Crippen LogP) is 28.5. The van der Waals surface area contributed by atoms with Crippen LogP contribution in [0.1, 0.15) is 0 Å². The molecular formula is C104H74N4. The fourth-order valence-corrected chi connectivity index (χ4v) is 17.8. The topological polar surface area (TPSA) is 13.0 Å². The number of benzene rings is 19. The largest absolute Gasteiger partial charge is 0.344 e. The summed E-state index contributed by atoms with van der Waals surface area (Å²) in [7, 11) is 8.75. The molecule has 19 aromatic carbocycles. The first kappa shape index (κ1) is 63.9. The van der Waals surface area contributed by atoms with Crippen LogP contribution < -0.4 is 19.6 Å². The molecule has 0 bridgehead atoms. The van der Waals surface area contributed by atoms with Crippen molar-refractivity contribution < 1.29 is 0 Å². The Kier molecular flexibility index (Phi) is 15.4. The van der Waals surface area contributed by atoms with Gasteiger partial charge in [-0.05, 0) is 158 Å². The Bertz CT molecular complexity index is 6720. The van der Waals surface area contributed by atoms with Crippen molar-refractivity contribution in [1.82, 2.24) is 0 Å². The van der Waals surface area contributed by atoms with Crippen LogP contribution in [0.5, 0.6) is 0 Å². The van der Waals surface area contributed by atoms with Crippen molar-refractivity contribution in [1.29, 1.82) is 0 Å². The van der Waals surface area contributed by atoms with E-state index < -0.39 is 0 Å². The molecule has 108 heavy (non-hydrogen) atoms. The SMILES string of the molecule is CN1c2cc3ccccc3cc2-c2ccccc2-c2c1ccc1ccccc21.CN1c2cc3ccccc3cc2-c2ccccc2-c2ccc3ccccc3c21.CN1c2ccc3ccccc3c2-c2ccccc2-c2ccc3ccccc3c21.CN1c2ccccc2-c2ccccc2-c2c1ccc1ccccc21. The lowest BCUT2D eigenvalue weighted by atomic mass is 9.91. The van der Waals surface area contributed by atoms with Crippen molar-refractivity contribution in [3.05, 3.63) is 376 Å². The maximum absolute atomic E-state index is 2.37. The highest BCUT2D eigenvalue weighted by Crippen LogP contribution is 2.56. The van der Waals surface area contributed by atoms with Gasteiger partial charge in [0, 0.05) is 118 Å². The third-order valence-electron chi connectivity index (χ3n) is 23.0. The smallest absolute Gasteiger partial charge is 0.0567 e. The Labute approximate surface area is 629 Å². The Morgan fingerprint density at radius 1 is 0.139 bits per heavy atom. The Hall–Kier alpha value is -13.8. The Morgan fingerprint density at radius 3 is 0.787 bits per heavy atom. The molecule has 0 amide bonds. The number of anilines is 8. The molecule has 0 saturated heterocycles. The summed E-state index contributed by atoms with van der Waals surface area (Å²) in [5.41, 5.74) is 30.9. The molecule has 4 heteroatoms. The summed E-state index contributed by atoms with van der Waals surface area (Å²) in [5, 5.41) is 18.0. The molecule has 4 aliphatic rings. The second-order valence-corrected chi connectivity index (χ2v) is 28.8. The van der Waals surface area contributed by atoms with E-state index in [2.05, 4.69) is 424 Å². The second kappa shape index (κ2) is 26.1. The van der Waals surface area contributed by atoms with Gasteiger partial charge in [0.15, 0.2) is 0 Å². The normalized spacial score (nSPS) is 12.4. The molecule has 0 aromatic heterocycles. The number of rotatable bonds is 0. The van der Waals surface area contributed by atoms with Gasteiger partial charge in [0.1, 0.15) is 0 Å². The van der Waals surface area contributed by atoms with Crippen LogP contribution in [-0.2, 0) is 0 Å². The predicted molar refractivity (Wildman–Crippen MR) is 464 cm³/mol. The van der Waals surface area contributed by atoms with E-state index in [-0.39, 0.29) is 0 Å². The third-order valence-corrected chi connectivity index (χ3v) is 23.0. The van der Waals surface area contributed by atoms with Gasteiger partial charge >= 0.3 is 0 Å². The van der Waals surface area contributed by atoms with Gasteiger partial charge in [0.2, 0.25) is 0 Å². The lowest BCUT2D eigenvalue weighted by Gasteiger charge is -2.24. The van der Waals surface area contributed by atoms with Gasteiger partial charge in [0.05, 0.1) is 11.4 Å². The lowest BCUT2D eigenvalue weighted by molar-refractivity contribution is 1.22. The molecule has 510 valence electrons. The second-order valence-electron chi connectivity index (χ2n) is 28.8. The standard InChI is InChI=1S/3C27H19N.C23H17N/c1-28-25-17-15-18-8-2-4-10-20(18)26(25)23-13-7-6-12-22(23)24-16-14-19-9-3-5-11-21(19)27(24)28;1-28-25-15-14-18-8-4-5-11-21(18)27(25)23-13-7-6-12-22(23)24-16-19-9-2-3-10-20(19)17-26(24)28;1-28-26-17-20-10-3-2-9-19(20)16-25(26)23-13-7-6-12-22(23)24-15-14-18-8-4-5-11-21(18)27(24)28;1-24-21-13-7-6-11-19(21)18-10-4-5-12-20(18)23-17-9-3-2-8-16(17)14-15-22(23)24/h3*2-17H,1H3;2-15H,1H3. The van der Waals surface area contributed by atoms with Gasteiger partial charge in [-0.25, -0.2) is 0 Å². The number of hydrogen-bond acceptors (Lipinski definition) is 4. The highest BCUT2D eigenvalue weighted by Gasteiger charge is 2.30. The average Bonchev–Trinajstić information content (AvgIpc) is 1.59. The van der Waals surface area contributed by atoms with Gasteiger partial charge < -0.3 is 19.6 Å². The number of nitrogens with zero attached hydrogens (tertiary/aromatic N) is 4. The van der Waals surface area contributed by atoms with E-state index in [1.165, 1.54) is 210 Å². The number of fused-ring (bicyclic) bond motifs is 32. The van der Waals surface area contributed by atoms with Crippen LogP contribution in [0.25, 0.3) is 164 Å². The molecule has 0 radical (unpaired) electrons. The van der Waals surface area contributed by atoms with Crippen LogP contribution in [-0.4, -0.2) is 28.2 Å². The number of hydrogen-bond donors (Lipinski definition) is 0. The molecular weight excluding hydrogens is 1310 g/mol. The molecule has 4 aliphatic heterocycles.